The van der Waals surface area contributed by atoms with Gasteiger partial charge in [-0.1, -0.05) is 20.8 Å². The maximum absolute atomic E-state index is 11.4. The van der Waals surface area contributed by atoms with Gasteiger partial charge in [-0.3, -0.25) is 9.59 Å². The van der Waals surface area contributed by atoms with Crippen LogP contribution in [-0.4, -0.2) is 34.2 Å². The molecule has 6 nitrogen and oxygen atoms in total. The first-order valence-corrected chi connectivity index (χ1v) is 6.90. The standard InChI is InChI=1S/C14H24O6/c1-4-7-12(16)19-14(18,10-9-11(15)6-3)20-13(17)8-5-2/h9-11,15,18H,4-8H2,1-3H3/b10-9+. The van der Waals surface area contributed by atoms with Gasteiger partial charge in [0.05, 0.1) is 6.10 Å². The van der Waals surface area contributed by atoms with Gasteiger partial charge < -0.3 is 19.7 Å². The number of esters is 2. The van der Waals surface area contributed by atoms with Crippen LogP contribution in [0.1, 0.15) is 52.9 Å². The van der Waals surface area contributed by atoms with Crippen LogP contribution >= 0.6 is 0 Å². The van der Waals surface area contributed by atoms with Crippen molar-refractivity contribution in [1.82, 2.24) is 0 Å². The zero-order chi connectivity index (χ0) is 15.6. The number of rotatable bonds is 9. The monoisotopic (exact) mass is 288 g/mol. The Kier molecular flexibility index (Phi) is 8.83. The van der Waals surface area contributed by atoms with Gasteiger partial charge in [-0.2, -0.15) is 0 Å². The Hall–Kier alpha value is -1.40. The molecule has 2 N–H and O–H groups in total. The van der Waals surface area contributed by atoms with Gasteiger partial charge >= 0.3 is 17.9 Å². The van der Waals surface area contributed by atoms with E-state index in [-0.39, 0.29) is 12.8 Å². The van der Waals surface area contributed by atoms with Crippen LogP contribution in [0.15, 0.2) is 12.2 Å². The van der Waals surface area contributed by atoms with Gasteiger partial charge in [0.2, 0.25) is 0 Å². The van der Waals surface area contributed by atoms with Gasteiger partial charge in [-0.25, -0.2) is 0 Å². The second kappa shape index (κ2) is 9.50. The lowest BCUT2D eigenvalue weighted by Gasteiger charge is -2.24. The van der Waals surface area contributed by atoms with Crippen LogP contribution in [0.3, 0.4) is 0 Å². The van der Waals surface area contributed by atoms with Crippen molar-refractivity contribution in [3.8, 4) is 0 Å². The maximum atomic E-state index is 11.4. The molecule has 1 atom stereocenters. The van der Waals surface area contributed by atoms with Crippen molar-refractivity contribution < 1.29 is 29.3 Å². The normalized spacial score (nSPS) is 13.2. The van der Waals surface area contributed by atoms with Crippen LogP contribution in [0.5, 0.6) is 0 Å². The van der Waals surface area contributed by atoms with E-state index in [1.165, 1.54) is 6.08 Å². The molecule has 0 bridgehead atoms. The van der Waals surface area contributed by atoms with Gasteiger partial charge in [-0.05, 0) is 25.3 Å². The first-order valence-electron chi connectivity index (χ1n) is 6.90. The smallest absolute Gasteiger partial charge is 0.395 e. The predicted octanol–water partition coefficient (Wildman–Crippen LogP) is 1.65. The summed E-state index contributed by atoms with van der Waals surface area (Å²) in [7, 11) is 0. The Bertz CT molecular complexity index is 317. The Balaban J connectivity index is 4.86. The molecule has 1 unspecified atom stereocenters. The second-order valence-electron chi connectivity index (χ2n) is 4.41. The lowest BCUT2D eigenvalue weighted by Crippen LogP contribution is -2.38. The third kappa shape index (κ3) is 7.91. The summed E-state index contributed by atoms with van der Waals surface area (Å²) in [4.78, 5) is 22.9. The molecule has 0 saturated heterocycles. The number of hydrogen-bond acceptors (Lipinski definition) is 6. The first-order chi connectivity index (χ1) is 9.36. The fraction of sp³-hybridized carbons (Fsp3) is 0.714. The summed E-state index contributed by atoms with van der Waals surface area (Å²) in [5.41, 5.74) is 0. The molecule has 116 valence electrons. The van der Waals surface area contributed by atoms with Gasteiger partial charge in [0.25, 0.3) is 0 Å². The van der Waals surface area contributed by atoms with Crippen molar-refractivity contribution >= 4 is 11.9 Å². The van der Waals surface area contributed by atoms with E-state index in [4.69, 9.17) is 9.47 Å². The molecule has 0 aliphatic heterocycles. The number of carbonyl (C=O) groups excluding carboxylic acids is 2. The molecule has 0 rings (SSSR count). The molecular weight excluding hydrogens is 264 g/mol. The molecule has 0 aliphatic rings. The van der Waals surface area contributed by atoms with Crippen molar-refractivity contribution in [2.45, 2.75) is 65.0 Å². The van der Waals surface area contributed by atoms with Crippen LogP contribution in [-0.2, 0) is 19.1 Å². The highest BCUT2D eigenvalue weighted by molar-refractivity contribution is 5.72. The molecule has 0 aromatic heterocycles. The maximum Gasteiger partial charge on any atom is 0.395 e. The Labute approximate surface area is 119 Å². The third-order valence-electron chi connectivity index (χ3n) is 2.38. The van der Waals surface area contributed by atoms with E-state index in [9.17, 15) is 19.8 Å². The summed E-state index contributed by atoms with van der Waals surface area (Å²) < 4.78 is 9.53. The molecular formula is C14H24O6. The molecule has 0 aliphatic carbocycles. The SMILES string of the molecule is CCCC(=O)OC(O)(/C=C/C(O)CC)OC(=O)CCC. The zero-order valence-corrected chi connectivity index (χ0v) is 12.3. The van der Waals surface area contributed by atoms with Crippen LogP contribution < -0.4 is 0 Å². The minimum atomic E-state index is -2.46. The quantitative estimate of drug-likeness (QED) is 0.380. The number of aliphatic hydroxyl groups is 2. The van der Waals surface area contributed by atoms with Crippen molar-refractivity contribution in [1.29, 1.82) is 0 Å². The van der Waals surface area contributed by atoms with E-state index in [2.05, 4.69) is 0 Å². The summed E-state index contributed by atoms with van der Waals surface area (Å²) in [6, 6.07) is 0. The fourth-order valence-corrected chi connectivity index (χ4v) is 1.29. The van der Waals surface area contributed by atoms with E-state index < -0.39 is 24.0 Å². The molecule has 0 aromatic rings. The topological polar surface area (TPSA) is 93.1 Å². The van der Waals surface area contributed by atoms with Gasteiger partial charge in [-0.15, -0.1) is 0 Å². The van der Waals surface area contributed by atoms with Gasteiger partial charge in [0.1, 0.15) is 0 Å². The molecule has 0 aromatic carbocycles. The minimum Gasteiger partial charge on any atom is -0.395 e. The molecule has 0 amide bonds. The number of aliphatic hydroxyl groups excluding tert-OH is 1. The highest BCUT2D eigenvalue weighted by Gasteiger charge is 2.33. The lowest BCUT2D eigenvalue weighted by molar-refractivity contribution is -0.296. The Morgan fingerprint density at radius 2 is 1.55 bits per heavy atom. The molecule has 6 heteroatoms. The number of hydrogen-bond donors (Lipinski definition) is 2. The van der Waals surface area contributed by atoms with E-state index >= 15 is 0 Å². The van der Waals surface area contributed by atoms with Crippen molar-refractivity contribution in [3.05, 3.63) is 12.2 Å². The van der Waals surface area contributed by atoms with Crippen molar-refractivity contribution in [2.24, 2.45) is 0 Å². The summed E-state index contributed by atoms with van der Waals surface area (Å²) in [5.74, 6) is -3.83. The second-order valence-corrected chi connectivity index (χ2v) is 4.41. The summed E-state index contributed by atoms with van der Waals surface area (Å²) in [6.45, 7) is 5.29. The van der Waals surface area contributed by atoms with Crippen LogP contribution in [0.25, 0.3) is 0 Å². The van der Waals surface area contributed by atoms with Gasteiger partial charge in [0.15, 0.2) is 0 Å². The van der Waals surface area contributed by atoms with Crippen LogP contribution in [0.2, 0.25) is 0 Å². The summed E-state index contributed by atoms with van der Waals surface area (Å²) in [5, 5.41) is 19.5. The van der Waals surface area contributed by atoms with E-state index in [0.29, 0.717) is 19.3 Å². The highest BCUT2D eigenvalue weighted by atomic mass is 16.8. The average Bonchev–Trinajstić information content (AvgIpc) is 2.36. The van der Waals surface area contributed by atoms with Gasteiger partial charge in [0, 0.05) is 18.9 Å². The fourth-order valence-electron chi connectivity index (χ4n) is 1.29. The molecule has 0 radical (unpaired) electrons. The molecule has 0 saturated carbocycles. The lowest BCUT2D eigenvalue weighted by atomic mass is 10.2. The summed E-state index contributed by atoms with van der Waals surface area (Å²) in [6.07, 6.45) is 3.06. The van der Waals surface area contributed by atoms with E-state index in [0.717, 1.165) is 6.08 Å². The Morgan fingerprint density at radius 1 is 1.10 bits per heavy atom. The first kappa shape index (κ1) is 18.6. The Morgan fingerprint density at radius 3 is 1.90 bits per heavy atom. The van der Waals surface area contributed by atoms with E-state index in [1.807, 2.05) is 0 Å². The van der Waals surface area contributed by atoms with Crippen LogP contribution in [0.4, 0.5) is 0 Å². The van der Waals surface area contributed by atoms with Crippen molar-refractivity contribution in [3.63, 3.8) is 0 Å². The van der Waals surface area contributed by atoms with E-state index in [1.54, 1.807) is 20.8 Å². The summed E-state index contributed by atoms with van der Waals surface area (Å²) >= 11 is 0. The molecule has 20 heavy (non-hydrogen) atoms. The van der Waals surface area contributed by atoms with Crippen molar-refractivity contribution in [2.75, 3.05) is 0 Å². The average molecular weight is 288 g/mol. The number of carbonyl (C=O) groups is 2. The molecule has 0 heterocycles. The molecule has 0 spiro atoms. The third-order valence-corrected chi connectivity index (χ3v) is 2.38. The van der Waals surface area contributed by atoms with Crippen LogP contribution in [0, 0.1) is 0 Å². The zero-order valence-electron chi connectivity index (χ0n) is 12.3. The predicted molar refractivity (Wildman–Crippen MR) is 72.4 cm³/mol. The highest BCUT2D eigenvalue weighted by Crippen LogP contribution is 2.16. The minimum absolute atomic E-state index is 0.0950. The molecule has 0 fully saturated rings. The largest absolute Gasteiger partial charge is 0.395 e. The number of ether oxygens (including phenoxy) is 2.